The van der Waals surface area contributed by atoms with Crippen molar-refractivity contribution in [2.24, 2.45) is 5.92 Å². The molecule has 0 unspecified atom stereocenters. The number of hydrogen-bond donors (Lipinski definition) is 2. The minimum atomic E-state index is -4.29. The average molecular weight is 367 g/mol. The van der Waals surface area contributed by atoms with Crippen LogP contribution in [0.3, 0.4) is 0 Å². The third kappa shape index (κ3) is 4.60. The highest BCUT2D eigenvalue weighted by Gasteiger charge is 2.30. The molecule has 2 rings (SSSR count). The number of benzene rings is 1. The maximum Gasteiger partial charge on any atom is 0.387 e. The van der Waals surface area contributed by atoms with Crippen LogP contribution in [0, 0.1) is 11.7 Å². The van der Waals surface area contributed by atoms with E-state index in [1.165, 1.54) is 0 Å². The molecule has 1 aromatic carbocycles. The zero-order chi connectivity index (χ0) is 17.9. The van der Waals surface area contributed by atoms with Crippen LogP contribution in [0.25, 0.3) is 0 Å². The number of hydrogen-bond acceptors (Lipinski definition) is 4. The fraction of sp³-hybridized carbons (Fsp3) is 0.500. The molecule has 0 aromatic heterocycles. The highest BCUT2D eigenvalue weighted by molar-refractivity contribution is 7.89. The summed E-state index contributed by atoms with van der Waals surface area (Å²) >= 11 is 0. The molecule has 0 amide bonds. The number of sulfonamides is 1. The average Bonchev–Trinajstić information content (AvgIpc) is 2.48. The van der Waals surface area contributed by atoms with Gasteiger partial charge in [0.1, 0.15) is 16.5 Å². The van der Waals surface area contributed by atoms with Gasteiger partial charge in [0.05, 0.1) is 5.92 Å². The monoisotopic (exact) mass is 367 g/mol. The van der Waals surface area contributed by atoms with Crippen LogP contribution >= 0.6 is 0 Å². The number of halogens is 3. The number of nitrogens with one attached hydrogen (secondary N) is 1. The first kappa shape index (κ1) is 18.5. The van der Waals surface area contributed by atoms with Crippen molar-refractivity contribution >= 4 is 16.0 Å². The molecule has 0 atom stereocenters. The van der Waals surface area contributed by atoms with Crippen LogP contribution < -0.4 is 9.46 Å². The Morgan fingerprint density at radius 1 is 1.25 bits per heavy atom. The lowest BCUT2D eigenvalue weighted by molar-refractivity contribution is -0.142. The van der Waals surface area contributed by atoms with Crippen LogP contribution in [0.2, 0.25) is 0 Å². The fourth-order valence-corrected chi connectivity index (χ4v) is 4.08. The Bertz CT molecular complexity index is 702. The van der Waals surface area contributed by atoms with E-state index >= 15 is 0 Å². The number of alkyl halides is 2. The number of aliphatic carboxylic acids is 1. The molecule has 24 heavy (non-hydrogen) atoms. The summed E-state index contributed by atoms with van der Waals surface area (Å²) in [5.74, 6) is -3.03. The van der Waals surface area contributed by atoms with Crippen molar-refractivity contribution in [3.05, 3.63) is 24.0 Å². The van der Waals surface area contributed by atoms with Crippen molar-refractivity contribution in [1.82, 2.24) is 4.72 Å². The summed E-state index contributed by atoms with van der Waals surface area (Å²) in [6, 6.07) is 1.68. The summed E-state index contributed by atoms with van der Waals surface area (Å²) in [5, 5.41) is 8.92. The van der Waals surface area contributed by atoms with E-state index in [9.17, 15) is 26.4 Å². The van der Waals surface area contributed by atoms with Gasteiger partial charge in [-0.25, -0.2) is 17.5 Å². The molecule has 0 spiro atoms. The number of rotatable bonds is 6. The largest absolute Gasteiger partial charge is 0.481 e. The highest BCUT2D eigenvalue weighted by atomic mass is 32.2. The van der Waals surface area contributed by atoms with Crippen LogP contribution in [-0.4, -0.2) is 32.1 Å². The van der Waals surface area contributed by atoms with Crippen molar-refractivity contribution < 1.29 is 36.2 Å². The zero-order valence-corrected chi connectivity index (χ0v) is 13.2. The van der Waals surface area contributed by atoms with E-state index in [1.54, 1.807) is 0 Å². The van der Waals surface area contributed by atoms with Gasteiger partial charge >= 0.3 is 12.6 Å². The predicted molar refractivity (Wildman–Crippen MR) is 76.7 cm³/mol. The van der Waals surface area contributed by atoms with E-state index in [4.69, 9.17) is 5.11 Å². The standard InChI is InChI=1S/C14H16F3NO5S/c15-9-3-6-11(23-14(16)17)12(7-9)24(21,22)18-10-4-1-8(2-5-10)13(19)20/h3,6-8,10,14,18H,1-2,4-5H2,(H,19,20). The van der Waals surface area contributed by atoms with Gasteiger partial charge in [-0.2, -0.15) is 8.78 Å². The van der Waals surface area contributed by atoms with Crippen molar-refractivity contribution in [3.63, 3.8) is 0 Å². The Morgan fingerprint density at radius 2 is 1.88 bits per heavy atom. The molecular weight excluding hydrogens is 351 g/mol. The molecule has 1 aliphatic rings. The van der Waals surface area contributed by atoms with Crippen molar-refractivity contribution in [2.75, 3.05) is 0 Å². The molecule has 134 valence electrons. The van der Waals surface area contributed by atoms with E-state index in [2.05, 4.69) is 9.46 Å². The van der Waals surface area contributed by atoms with Gasteiger partial charge in [0.15, 0.2) is 0 Å². The van der Waals surface area contributed by atoms with Gasteiger partial charge in [0.25, 0.3) is 0 Å². The Hall–Kier alpha value is -1.81. The first-order valence-electron chi connectivity index (χ1n) is 7.18. The predicted octanol–water partition coefficient (Wildman–Crippen LogP) is 2.35. The van der Waals surface area contributed by atoms with Gasteiger partial charge in [-0.05, 0) is 43.9 Å². The molecule has 1 aromatic rings. The molecule has 0 saturated heterocycles. The zero-order valence-electron chi connectivity index (χ0n) is 12.4. The van der Waals surface area contributed by atoms with Gasteiger partial charge in [-0.15, -0.1) is 0 Å². The van der Waals surface area contributed by atoms with Crippen LogP contribution in [0.4, 0.5) is 13.2 Å². The minimum absolute atomic E-state index is 0.288. The molecule has 0 radical (unpaired) electrons. The molecular formula is C14H16F3NO5S. The summed E-state index contributed by atoms with van der Waals surface area (Å²) in [4.78, 5) is 10.2. The smallest absolute Gasteiger partial charge is 0.387 e. The van der Waals surface area contributed by atoms with Gasteiger partial charge in [0, 0.05) is 6.04 Å². The SMILES string of the molecule is O=C(O)C1CCC(NS(=O)(=O)c2cc(F)ccc2OC(F)F)CC1. The van der Waals surface area contributed by atoms with Gasteiger partial charge in [0.2, 0.25) is 10.0 Å². The Labute approximate surface area is 136 Å². The highest BCUT2D eigenvalue weighted by Crippen LogP contribution is 2.29. The van der Waals surface area contributed by atoms with Crippen molar-refractivity contribution in [3.8, 4) is 5.75 Å². The van der Waals surface area contributed by atoms with Gasteiger partial charge < -0.3 is 9.84 Å². The molecule has 1 fully saturated rings. The minimum Gasteiger partial charge on any atom is -0.481 e. The van der Waals surface area contributed by atoms with Crippen LogP contribution in [0.15, 0.2) is 23.1 Å². The summed E-state index contributed by atoms with van der Waals surface area (Å²) in [6.45, 7) is -3.25. The van der Waals surface area contributed by atoms with Crippen molar-refractivity contribution in [1.29, 1.82) is 0 Å². The first-order valence-corrected chi connectivity index (χ1v) is 8.67. The molecule has 2 N–H and O–H groups in total. The van der Waals surface area contributed by atoms with E-state index < -0.39 is 51.0 Å². The van der Waals surface area contributed by atoms with E-state index in [0.29, 0.717) is 18.9 Å². The van der Waals surface area contributed by atoms with Gasteiger partial charge in [-0.3, -0.25) is 4.79 Å². The summed E-state index contributed by atoms with van der Waals surface area (Å²) in [6.07, 6.45) is 1.17. The van der Waals surface area contributed by atoms with Crippen LogP contribution in [0.1, 0.15) is 25.7 Å². The van der Waals surface area contributed by atoms with E-state index in [-0.39, 0.29) is 12.8 Å². The summed E-state index contributed by atoms with van der Waals surface area (Å²) in [5.41, 5.74) is 0. The topological polar surface area (TPSA) is 92.7 Å². The summed E-state index contributed by atoms with van der Waals surface area (Å²) < 4.78 is 69.2. The number of carboxylic acid groups (broad SMARTS) is 1. The molecule has 10 heteroatoms. The number of ether oxygens (including phenoxy) is 1. The lowest BCUT2D eigenvalue weighted by Crippen LogP contribution is -2.38. The maximum absolute atomic E-state index is 13.3. The number of carboxylic acids is 1. The lowest BCUT2D eigenvalue weighted by atomic mass is 9.87. The second-order valence-electron chi connectivity index (χ2n) is 5.48. The lowest BCUT2D eigenvalue weighted by Gasteiger charge is -2.26. The third-order valence-electron chi connectivity index (χ3n) is 3.81. The molecule has 0 aliphatic heterocycles. The Balaban J connectivity index is 2.16. The van der Waals surface area contributed by atoms with Crippen LogP contribution in [0.5, 0.6) is 5.75 Å². The second-order valence-corrected chi connectivity index (χ2v) is 7.16. The van der Waals surface area contributed by atoms with Gasteiger partial charge in [-0.1, -0.05) is 0 Å². The summed E-state index contributed by atoms with van der Waals surface area (Å²) in [7, 11) is -4.29. The third-order valence-corrected chi connectivity index (χ3v) is 5.35. The van der Waals surface area contributed by atoms with Crippen molar-refractivity contribution in [2.45, 2.75) is 43.2 Å². The molecule has 6 nitrogen and oxygen atoms in total. The second kappa shape index (κ2) is 7.39. The van der Waals surface area contributed by atoms with Crippen LogP contribution in [-0.2, 0) is 14.8 Å². The number of carbonyl (C=O) groups is 1. The Morgan fingerprint density at radius 3 is 2.42 bits per heavy atom. The van der Waals surface area contributed by atoms with E-state index in [0.717, 1.165) is 12.1 Å². The van der Waals surface area contributed by atoms with E-state index in [1.807, 2.05) is 0 Å². The maximum atomic E-state index is 13.3. The normalized spacial score (nSPS) is 21.7. The molecule has 1 aliphatic carbocycles. The molecule has 0 heterocycles. The molecule has 1 saturated carbocycles. The molecule has 0 bridgehead atoms. The Kier molecular flexibility index (Phi) is 5.70. The fourth-order valence-electron chi connectivity index (χ4n) is 2.63. The first-order chi connectivity index (χ1) is 11.2. The quantitative estimate of drug-likeness (QED) is 0.805.